The van der Waals surface area contributed by atoms with Gasteiger partial charge in [0.15, 0.2) is 21.9 Å². The molecule has 12 heteroatoms. The third-order valence-electron chi connectivity index (χ3n) is 7.61. The molecule has 6 rings (SSSR count). The number of carbonyl (C=O) groups is 1. The van der Waals surface area contributed by atoms with Gasteiger partial charge in [-0.15, -0.1) is 0 Å². The number of ether oxygens (including phenoxy) is 1. The monoisotopic (exact) mass is 639 g/mol. The standard InChI is InChI=1S/C32H28F3N3O4S2/c1-2-42-31(39)27-17-43-32(36-27)38-28(14-18-6-7-18)24(12-19-8-11-29(44(40)41)26(35)13-19)30(37-38)21-9-10-25(34)23(16-21)20-4-3-5-22(33)15-20/h3-5,8-11,13,15-16,18,27,44H,2,6-7,12,14,17H2,1H3. The van der Waals surface area contributed by atoms with Gasteiger partial charge in [0.05, 0.1) is 22.9 Å². The molecule has 1 saturated carbocycles. The molecule has 0 bridgehead atoms. The van der Waals surface area contributed by atoms with Gasteiger partial charge in [-0.3, -0.25) is 0 Å². The Morgan fingerprint density at radius 1 is 1.02 bits per heavy atom. The second-order valence-corrected chi connectivity index (χ2v) is 12.7. The van der Waals surface area contributed by atoms with Crippen LogP contribution in [0.15, 0.2) is 70.6 Å². The molecule has 1 aliphatic carbocycles. The molecule has 0 radical (unpaired) electrons. The number of esters is 1. The SMILES string of the molecule is CCOC(=O)C1CSC(n2nc(-c3ccc(F)c(-c4cccc(F)c4)c3)c(Cc3ccc([SH](=O)=O)c(F)c3)c2CC2CC2)=N1. The predicted molar refractivity (Wildman–Crippen MR) is 163 cm³/mol. The van der Waals surface area contributed by atoms with E-state index in [1.807, 2.05) is 0 Å². The third-order valence-corrected chi connectivity index (χ3v) is 9.39. The van der Waals surface area contributed by atoms with Crippen LogP contribution in [0.3, 0.4) is 0 Å². The molecule has 1 aliphatic heterocycles. The maximum Gasteiger partial charge on any atom is 0.331 e. The normalized spacial score (nSPS) is 16.4. The molecule has 228 valence electrons. The summed E-state index contributed by atoms with van der Waals surface area (Å²) in [5, 5.41) is 5.47. The Morgan fingerprint density at radius 3 is 2.55 bits per heavy atom. The molecule has 2 heterocycles. The van der Waals surface area contributed by atoms with E-state index < -0.39 is 45.1 Å². The lowest BCUT2D eigenvalue weighted by Gasteiger charge is -2.11. The quantitative estimate of drug-likeness (QED) is 0.178. The fourth-order valence-electron chi connectivity index (χ4n) is 5.26. The van der Waals surface area contributed by atoms with E-state index in [4.69, 9.17) is 9.84 Å². The largest absolute Gasteiger partial charge is 0.464 e. The number of benzene rings is 3. The summed E-state index contributed by atoms with van der Waals surface area (Å²) in [6, 6.07) is 13.5. The summed E-state index contributed by atoms with van der Waals surface area (Å²) < 4.78 is 73.7. The van der Waals surface area contributed by atoms with Crippen molar-refractivity contribution in [1.29, 1.82) is 0 Å². The van der Waals surface area contributed by atoms with Crippen LogP contribution >= 0.6 is 11.8 Å². The van der Waals surface area contributed by atoms with Crippen molar-refractivity contribution in [2.24, 2.45) is 10.9 Å². The predicted octanol–water partition coefficient (Wildman–Crippen LogP) is 6.03. The minimum atomic E-state index is -3.10. The minimum absolute atomic E-state index is 0.191. The first kappa shape index (κ1) is 30.1. The van der Waals surface area contributed by atoms with Gasteiger partial charge in [0, 0.05) is 28.9 Å². The van der Waals surface area contributed by atoms with E-state index in [0.717, 1.165) is 24.1 Å². The number of thioether (sulfide) groups is 1. The van der Waals surface area contributed by atoms with Crippen LogP contribution < -0.4 is 0 Å². The van der Waals surface area contributed by atoms with Crippen LogP contribution in [0.4, 0.5) is 13.2 Å². The Morgan fingerprint density at radius 2 is 1.84 bits per heavy atom. The fraction of sp³-hybridized carbons (Fsp3) is 0.281. The van der Waals surface area contributed by atoms with Crippen molar-refractivity contribution in [2.75, 3.05) is 12.4 Å². The Kier molecular flexibility index (Phi) is 8.64. The van der Waals surface area contributed by atoms with Gasteiger partial charge >= 0.3 is 5.97 Å². The molecular formula is C32H28F3N3O4S2. The van der Waals surface area contributed by atoms with Gasteiger partial charge in [0.25, 0.3) is 0 Å². The smallest absolute Gasteiger partial charge is 0.331 e. The number of nitrogens with zero attached hydrogens (tertiary/aromatic N) is 3. The number of hydrogen-bond donors (Lipinski definition) is 1. The number of thiol groups is 1. The average molecular weight is 640 g/mol. The highest BCUT2D eigenvalue weighted by Gasteiger charge is 2.33. The van der Waals surface area contributed by atoms with Crippen molar-refractivity contribution in [3.8, 4) is 22.4 Å². The van der Waals surface area contributed by atoms with Crippen molar-refractivity contribution in [1.82, 2.24) is 9.78 Å². The van der Waals surface area contributed by atoms with Crippen LogP contribution in [0.1, 0.15) is 36.6 Å². The molecule has 0 saturated heterocycles. The van der Waals surface area contributed by atoms with Crippen molar-refractivity contribution < 1.29 is 31.1 Å². The summed E-state index contributed by atoms with van der Waals surface area (Å²) in [6.07, 6.45) is 2.92. The molecule has 2 aliphatic rings. The molecule has 0 amide bonds. The fourth-order valence-corrected chi connectivity index (χ4v) is 6.69. The van der Waals surface area contributed by atoms with E-state index in [2.05, 4.69) is 4.99 Å². The van der Waals surface area contributed by atoms with Crippen LogP contribution in [0, 0.1) is 23.4 Å². The molecule has 1 unspecified atom stereocenters. The Hall–Kier alpha value is -3.90. The minimum Gasteiger partial charge on any atom is -0.464 e. The Bertz CT molecular complexity index is 1860. The first-order valence-corrected chi connectivity index (χ1v) is 16.3. The van der Waals surface area contributed by atoms with Gasteiger partial charge < -0.3 is 4.74 Å². The van der Waals surface area contributed by atoms with Crippen LogP contribution in [0.2, 0.25) is 0 Å². The molecule has 4 aromatic rings. The lowest BCUT2D eigenvalue weighted by atomic mass is 9.95. The van der Waals surface area contributed by atoms with Gasteiger partial charge in [-0.25, -0.2) is 36.1 Å². The average Bonchev–Trinajstić information content (AvgIpc) is 3.56. The topological polar surface area (TPSA) is 90.6 Å². The molecule has 3 aromatic carbocycles. The summed E-state index contributed by atoms with van der Waals surface area (Å²) in [5.74, 6) is -1.50. The zero-order valence-electron chi connectivity index (χ0n) is 23.6. The third kappa shape index (κ3) is 6.32. The number of carbonyl (C=O) groups excluding carboxylic acids is 1. The first-order chi connectivity index (χ1) is 21.2. The molecule has 1 fully saturated rings. The van der Waals surface area contributed by atoms with Crippen molar-refractivity contribution in [2.45, 2.75) is 43.5 Å². The van der Waals surface area contributed by atoms with E-state index in [1.165, 1.54) is 48.2 Å². The molecule has 0 N–H and O–H groups in total. The van der Waals surface area contributed by atoms with Gasteiger partial charge in [-0.2, -0.15) is 5.10 Å². The molecule has 1 aromatic heterocycles. The lowest BCUT2D eigenvalue weighted by molar-refractivity contribution is -0.143. The Balaban J connectivity index is 1.51. The van der Waals surface area contributed by atoms with Gasteiger partial charge in [0.2, 0.25) is 0 Å². The van der Waals surface area contributed by atoms with E-state index in [0.29, 0.717) is 45.6 Å². The van der Waals surface area contributed by atoms with Crippen molar-refractivity contribution in [3.05, 3.63) is 94.9 Å². The summed E-state index contributed by atoms with van der Waals surface area (Å²) in [4.78, 5) is 16.7. The highest BCUT2D eigenvalue weighted by atomic mass is 32.2. The number of rotatable bonds is 9. The van der Waals surface area contributed by atoms with Crippen LogP contribution in [-0.2, 0) is 33.1 Å². The van der Waals surface area contributed by atoms with Gasteiger partial charge in [-0.05, 0) is 85.7 Å². The van der Waals surface area contributed by atoms with E-state index >= 15 is 4.39 Å². The maximum absolute atomic E-state index is 15.1. The lowest BCUT2D eigenvalue weighted by Crippen LogP contribution is -2.21. The van der Waals surface area contributed by atoms with Gasteiger partial charge in [-0.1, -0.05) is 30.0 Å². The van der Waals surface area contributed by atoms with Crippen LogP contribution in [-0.4, -0.2) is 47.7 Å². The van der Waals surface area contributed by atoms with Crippen LogP contribution in [0.5, 0.6) is 0 Å². The highest BCUT2D eigenvalue weighted by Crippen LogP contribution is 2.39. The van der Waals surface area contributed by atoms with Gasteiger partial charge in [0.1, 0.15) is 17.5 Å². The molecular weight excluding hydrogens is 611 g/mol. The first-order valence-electron chi connectivity index (χ1n) is 14.2. The number of halogens is 3. The zero-order chi connectivity index (χ0) is 31.0. The zero-order valence-corrected chi connectivity index (χ0v) is 25.3. The summed E-state index contributed by atoms with van der Waals surface area (Å²) >= 11 is 1.38. The summed E-state index contributed by atoms with van der Waals surface area (Å²) in [7, 11) is -3.10. The van der Waals surface area contributed by atoms with Crippen molar-refractivity contribution in [3.63, 3.8) is 0 Å². The number of aliphatic imine (C=N–C) groups is 1. The highest BCUT2D eigenvalue weighted by molar-refractivity contribution is 8.14. The summed E-state index contributed by atoms with van der Waals surface area (Å²) in [5.41, 5.74) is 3.71. The molecule has 7 nitrogen and oxygen atoms in total. The van der Waals surface area contributed by atoms with E-state index in [-0.39, 0.29) is 18.6 Å². The molecule has 1 atom stereocenters. The maximum atomic E-state index is 15.1. The second kappa shape index (κ2) is 12.6. The molecule has 44 heavy (non-hydrogen) atoms. The summed E-state index contributed by atoms with van der Waals surface area (Å²) in [6.45, 7) is 1.97. The second-order valence-electron chi connectivity index (χ2n) is 10.7. The van der Waals surface area contributed by atoms with E-state index in [9.17, 15) is 22.0 Å². The Labute approximate surface area is 258 Å². The van der Waals surface area contributed by atoms with Crippen LogP contribution in [0.25, 0.3) is 22.4 Å². The van der Waals surface area contributed by atoms with E-state index in [1.54, 1.807) is 35.9 Å². The molecule has 0 spiro atoms. The number of aromatic nitrogens is 2. The number of hydrogen-bond acceptors (Lipinski definition) is 7. The van der Waals surface area contributed by atoms with Crippen molar-refractivity contribution >= 4 is 33.6 Å².